The van der Waals surface area contributed by atoms with Crippen molar-refractivity contribution in [2.75, 3.05) is 13.2 Å². The fourth-order valence-corrected chi connectivity index (χ4v) is 5.04. The first-order chi connectivity index (χ1) is 15.9. The minimum absolute atomic E-state index is 0.199. The number of aromatic nitrogens is 1. The number of allylic oxidation sites excluding steroid dienone is 1. The Hall–Kier alpha value is -2.97. The zero-order chi connectivity index (χ0) is 23.5. The number of nitrogens with zero attached hydrogens (tertiary/aromatic N) is 2. The lowest BCUT2D eigenvalue weighted by molar-refractivity contribution is -0.139. The van der Waals surface area contributed by atoms with Gasteiger partial charge in [-0.1, -0.05) is 51.5 Å². The number of esters is 1. The topological polar surface area (TPSA) is 69.9 Å². The summed E-state index contributed by atoms with van der Waals surface area (Å²) in [7, 11) is 0. The van der Waals surface area contributed by atoms with Gasteiger partial charge in [0.1, 0.15) is 5.75 Å². The Morgan fingerprint density at radius 1 is 1.12 bits per heavy atom. The minimum Gasteiger partial charge on any atom is -0.494 e. The molecule has 2 heterocycles. The number of ether oxygens (including phenoxy) is 2. The first-order valence-corrected chi connectivity index (χ1v) is 12.2. The lowest BCUT2D eigenvalue weighted by Gasteiger charge is -2.24. The van der Waals surface area contributed by atoms with Crippen molar-refractivity contribution in [2.24, 2.45) is 4.99 Å². The smallest absolute Gasteiger partial charge is 0.338 e. The first kappa shape index (κ1) is 23.2. The molecule has 4 rings (SSSR count). The fourth-order valence-electron chi connectivity index (χ4n) is 3.73. The van der Waals surface area contributed by atoms with Crippen molar-refractivity contribution >= 4 is 39.3 Å². The summed E-state index contributed by atoms with van der Waals surface area (Å²) < 4.78 is 14.0. The zero-order valence-corrected chi connectivity index (χ0v) is 20.9. The molecule has 2 aromatic carbocycles. The van der Waals surface area contributed by atoms with E-state index in [0.717, 1.165) is 21.3 Å². The molecule has 1 aliphatic heterocycles. The number of fused-ring (bicyclic) bond motifs is 1. The maximum Gasteiger partial charge on any atom is 0.338 e. The third-order valence-electron chi connectivity index (χ3n) is 5.19. The second-order valence-electron chi connectivity index (χ2n) is 7.36. The van der Waals surface area contributed by atoms with Gasteiger partial charge in [-0.3, -0.25) is 9.36 Å². The van der Waals surface area contributed by atoms with Crippen LogP contribution in [0, 0.1) is 0 Å². The molecule has 0 spiro atoms. The molecule has 8 heteroatoms. The summed E-state index contributed by atoms with van der Waals surface area (Å²) in [6, 6.07) is 14.5. The van der Waals surface area contributed by atoms with Gasteiger partial charge < -0.3 is 9.47 Å². The predicted molar refractivity (Wildman–Crippen MR) is 132 cm³/mol. The van der Waals surface area contributed by atoms with E-state index in [1.54, 1.807) is 18.4 Å². The van der Waals surface area contributed by atoms with Gasteiger partial charge in [0.25, 0.3) is 5.56 Å². The van der Waals surface area contributed by atoms with E-state index in [2.05, 4.69) is 20.9 Å². The van der Waals surface area contributed by atoms with E-state index in [4.69, 9.17) is 9.47 Å². The summed E-state index contributed by atoms with van der Waals surface area (Å²) in [4.78, 5) is 31.6. The molecule has 1 aromatic heterocycles. The first-order valence-electron chi connectivity index (χ1n) is 10.6. The molecule has 0 bridgehead atoms. The van der Waals surface area contributed by atoms with Gasteiger partial charge in [0.15, 0.2) is 4.80 Å². The molecule has 0 fully saturated rings. The number of rotatable bonds is 6. The van der Waals surface area contributed by atoms with E-state index in [1.807, 2.05) is 61.5 Å². The maximum atomic E-state index is 13.5. The van der Waals surface area contributed by atoms with Crippen LogP contribution in [0.15, 0.2) is 74.1 Å². The van der Waals surface area contributed by atoms with Crippen LogP contribution in [-0.4, -0.2) is 23.8 Å². The van der Waals surface area contributed by atoms with Gasteiger partial charge in [0, 0.05) is 4.47 Å². The second kappa shape index (κ2) is 9.89. The van der Waals surface area contributed by atoms with Crippen LogP contribution in [0.1, 0.15) is 37.9 Å². The Morgan fingerprint density at radius 2 is 1.82 bits per heavy atom. The Balaban J connectivity index is 1.90. The van der Waals surface area contributed by atoms with Crippen LogP contribution in [0.5, 0.6) is 5.75 Å². The Morgan fingerprint density at radius 3 is 2.45 bits per heavy atom. The number of halogens is 1. The molecular weight excluding hydrogens is 504 g/mol. The molecule has 0 radical (unpaired) electrons. The average Bonchev–Trinajstić information content (AvgIpc) is 3.10. The average molecular weight is 527 g/mol. The van der Waals surface area contributed by atoms with Crippen LogP contribution in [-0.2, 0) is 9.53 Å². The van der Waals surface area contributed by atoms with Gasteiger partial charge in [-0.25, -0.2) is 9.79 Å². The standard InChI is InChI=1S/C25H23BrN2O4S/c1-4-31-19-12-8-17(9-13-19)22-21(24(30)32-5-2)15(3)27-25-28(22)23(29)20(33-25)14-16-6-10-18(26)11-7-16/h6-14,22H,4-5H2,1-3H3/b20-14-/t22-/m0/s1. The summed E-state index contributed by atoms with van der Waals surface area (Å²) >= 11 is 4.74. The van der Waals surface area contributed by atoms with Crippen LogP contribution >= 0.6 is 27.3 Å². The SMILES string of the molecule is CCOC(=O)C1=C(C)N=c2s/c(=C\c3ccc(Br)cc3)c(=O)n2[C@H]1c1ccc(OCC)cc1. The summed E-state index contributed by atoms with van der Waals surface area (Å²) in [6.45, 7) is 6.24. The highest BCUT2D eigenvalue weighted by atomic mass is 79.9. The molecule has 0 aliphatic carbocycles. The Kier molecular flexibility index (Phi) is 6.95. The van der Waals surface area contributed by atoms with Crippen molar-refractivity contribution in [3.05, 3.63) is 95.1 Å². The van der Waals surface area contributed by atoms with E-state index in [-0.39, 0.29) is 12.2 Å². The van der Waals surface area contributed by atoms with E-state index in [9.17, 15) is 9.59 Å². The van der Waals surface area contributed by atoms with Crippen LogP contribution in [0.4, 0.5) is 0 Å². The quantitative estimate of drug-likeness (QED) is 0.456. The lowest BCUT2D eigenvalue weighted by Crippen LogP contribution is -2.39. The van der Waals surface area contributed by atoms with Crippen LogP contribution in [0.3, 0.4) is 0 Å². The van der Waals surface area contributed by atoms with Crippen molar-refractivity contribution < 1.29 is 14.3 Å². The van der Waals surface area contributed by atoms with Crippen molar-refractivity contribution in [3.63, 3.8) is 0 Å². The van der Waals surface area contributed by atoms with Gasteiger partial charge >= 0.3 is 5.97 Å². The summed E-state index contributed by atoms with van der Waals surface area (Å²) in [5, 5.41) is 0. The number of carbonyl (C=O) groups excluding carboxylic acids is 1. The van der Waals surface area contributed by atoms with Gasteiger partial charge in [0.05, 0.1) is 35.1 Å². The largest absolute Gasteiger partial charge is 0.494 e. The van der Waals surface area contributed by atoms with Crippen LogP contribution in [0.25, 0.3) is 6.08 Å². The normalized spacial score (nSPS) is 15.8. The molecule has 33 heavy (non-hydrogen) atoms. The number of hydrogen-bond acceptors (Lipinski definition) is 6. The molecule has 0 unspecified atom stereocenters. The highest BCUT2D eigenvalue weighted by Crippen LogP contribution is 2.31. The molecule has 170 valence electrons. The molecule has 0 saturated carbocycles. The van der Waals surface area contributed by atoms with E-state index < -0.39 is 12.0 Å². The highest BCUT2D eigenvalue weighted by Gasteiger charge is 2.33. The molecule has 1 atom stereocenters. The summed E-state index contributed by atoms with van der Waals surface area (Å²) in [5.74, 6) is 0.252. The number of benzene rings is 2. The van der Waals surface area contributed by atoms with Gasteiger partial charge in [-0.15, -0.1) is 0 Å². The number of hydrogen-bond donors (Lipinski definition) is 0. The van der Waals surface area contributed by atoms with Crippen LogP contribution in [0.2, 0.25) is 0 Å². The molecule has 0 saturated heterocycles. The predicted octanol–water partition coefficient (Wildman–Crippen LogP) is 3.96. The second-order valence-corrected chi connectivity index (χ2v) is 9.28. The number of thiazole rings is 1. The third kappa shape index (κ3) is 4.72. The Bertz CT molecular complexity index is 1390. The molecular formula is C25H23BrN2O4S. The molecule has 3 aromatic rings. The van der Waals surface area contributed by atoms with E-state index in [1.165, 1.54) is 11.3 Å². The minimum atomic E-state index is -0.636. The van der Waals surface area contributed by atoms with E-state index >= 15 is 0 Å². The van der Waals surface area contributed by atoms with Crippen molar-refractivity contribution in [3.8, 4) is 5.75 Å². The molecule has 1 aliphatic rings. The number of carbonyl (C=O) groups is 1. The summed E-state index contributed by atoms with van der Waals surface area (Å²) in [6.07, 6.45) is 1.84. The zero-order valence-electron chi connectivity index (χ0n) is 18.5. The summed E-state index contributed by atoms with van der Waals surface area (Å²) in [5.41, 5.74) is 2.40. The van der Waals surface area contributed by atoms with Gasteiger partial charge in [0.2, 0.25) is 0 Å². The third-order valence-corrected chi connectivity index (χ3v) is 6.70. The molecule has 6 nitrogen and oxygen atoms in total. The molecule has 0 N–H and O–H groups in total. The highest BCUT2D eigenvalue weighted by molar-refractivity contribution is 9.10. The molecule has 0 amide bonds. The van der Waals surface area contributed by atoms with Crippen molar-refractivity contribution in [1.29, 1.82) is 0 Å². The van der Waals surface area contributed by atoms with E-state index in [0.29, 0.717) is 27.2 Å². The van der Waals surface area contributed by atoms with Gasteiger partial charge in [-0.05, 0) is 62.2 Å². The Labute approximate surface area is 203 Å². The van der Waals surface area contributed by atoms with Gasteiger partial charge in [-0.2, -0.15) is 0 Å². The van der Waals surface area contributed by atoms with Crippen molar-refractivity contribution in [2.45, 2.75) is 26.8 Å². The lowest BCUT2D eigenvalue weighted by atomic mass is 9.96. The van der Waals surface area contributed by atoms with Crippen molar-refractivity contribution in [1.82, 2.24) is 4.57 Å². The maximum absolute atomic E-state index is 13.5. The fraction of sp³-hybridized carbons (Fsp3) is 0.240. The van der Waals surface area contributed by atoms with Crippen LogP contribution < -0.4 is 19.6 Å². The monoisotopic (exact) mass is 526 g/mol.